The van der Waals surface area contributed by atoms with Crippen LogP contribution in [0.5, 0.6) is 0 Å². The molecule has 2 fully saturated rings. The van der Waals surface area contributed by atoms with Crippen LogP contribution in [-0.4, -0.2) is 34.9 Å². The molecule has 0 spiro atoms. The Hall–Kier alpha value is -0.650. The van der Waals surface area contributed by atoms with Gasteiger partial charge in [0.15, 0.2) is 0 Å². The average molecular weight is 393 g/mol. The van der Waals surface area contributed by atoms with Gasteiger partial charge in [-0.25, -0.2) is 0 Å². The number of piperidine rings is 1. The highest BCUT2D eigenvalue weighted by molar-refractivity contribution is 8.77. The second-order valence-corrected chi connectivity index (χ2v) is 10.3. The van der Waals surface area contributed by atoms with E-state index < -0.39 is 0 Å². The molecular weight excluding hydrogens is 360 g/mol. The summed E-state index contributed by atoms with van der Waals surface area (Å²) in [5.74, 6) is 1.49. The Balaban J connectivity index is 1.29. The van der Waals surface area contributed by atoms with E-state index in [1.165, 1.54) is 68.5 Å². The molecule has 0 bridgehead atoms. The fourth-order valence-electron chi connectivity index (χ4n) is 3.65. The normalized spacial score (nSPS) is 21.0. The first kappa shape index (κ1) is 20.1. The molecule has 3 nitrogen and oxygen atoms in total. The molecule has 3 rings (SSSR count). The van der Waals surface area contributed by atoms with Gasteiger partial charge in [0.1, 0.15) is 0 Å². The van der Waals surface area contributed by atoms with Crippen molar-refractivity contribution in [1.29, 1.82) is 0 Å². The molecule has 26 heavy (non-hydrogen) atoms. The van der Waals surface area contributed by atoms with Crippen LogP contribution >= 0.6 is 21.6 Å². The molecule has 1 N–H and O–H groups in total. The molecular formula is C21H32N2OS2. The maximum atomic E-state index is 12.0. The molecule has 0 unspecified atom stereocenters. The fourth-order valence-corrected chi connectivity index (χ4v) is 6.68. The van der Waals surface area contributed by atoms with Gasteiger partial charge in [-0.2, -0.15) is 0 Å². The lowest BCUT2D eigenvalue weighted by atomic mass is 10.1. The Morgan fingerprint density at radius 3 is 2.58 bits per heavy atom. The molecule has 2 heterocycles. The molecule has 0 aliphatic carbocycles. The van der Waals surface area contributed by atoms with Crippen molar-refractivity contribution in [2.45, 2.75) is 69.7 Å². The van der Waals surface area contributed by atoms with Crippen LogP contribution in [0.15, 0.2) is 24.3 Å². The minimum atomic E-state index is 0.191. The highest BCUT2D eigenvalue weighted by atomic mass is 33.1. The van der Waals surface area contributed by atoms with Crippen LogP contribution in [0.4, 0.5) is 0 Å². The van der Waals surface area contributed by atoms with Crippen LogP contribution in [0.1, 0.15) is 62.5 Å². The predicted molar refractivity (Wildman–Crippen MR) is 114 cm³/mol. The molecule has 1 aromatic carbocycles. The summed E-state index contributed by atoms with van der Waals surface area (Å²) in [6.45, 7) is 4.18. The van der Waals surface area contributed by atoms with Gasteiger partial charge in [0.05, 0.1) is 0 Å². The van der Waals surface area contributed by atoms with E-state index in [1.807, 2.05) is 21.6 Å². The maximum Gasteiger partial charge on any atom is 0.220 e. The van der Waals surface area contributed by atoms with Gasteiger partial charge < -0.3 is 5.32 Å². The first-order valence-electron chi connectivity index (χ1n) is 10.1. The van der Waals surface area contributed by atoms with Crippen molar-refractivity contribution >= 4 is 27.5 Å². The van der Waals surface area contributed by atoms with Gasteiger partial charge in [-0.1, -0.05) is 58.7 Å². The number of benzene rings is 1. The molecule has 0 radical (unpaired) electrons. The number of likely N-dealkylation sites (tertiary alicyclic amines) is 1. The van der Waals surface area contributed by atoms with Crippen molar-refractivity contribution in [3.05, 3.63) is 35.4 Å². The Bertz CT molecular complexity index is 537. The van der Waals surface area contributed by atoms with E-state index >= 15 is 0 Å². The number of amides is 1. The van der Waals surface area contributed by atoms with E-state index in [4.69, 9.17) is 0 Å². The summed E-state index contributed by atoms with van der Waals surface area (Å²) in [6.07, 6.45) is 9.52. The van der Waals surface area contributed by atoms with Crippen LogP contribution in [0, 0.1) is 0 Å². The largest absolute Gasteiger partial charge is 0.352 e. The van der Waals surface area contributed by atoms with E-state index in [0.29, 0.717) is 13.0 Å². The summed E-state index contributed by atoms with van der Waals surface area (Å²) >= 11 is 0. The lowest BCUT2D eigenvalue weighted by Gasteiger charge is -2.26. The summed E-state index contributed by atoms with van der Waals surface area (Å²) < 4.78 is 0. The smallest absolute Gasteiger partial charge is 0.220 e. The van der Waals surface area contributed by atoms with Crippen molar-refractivity contribution in [2.24, 2.45) is 0 Å². The van der Waals surface area contributed by atoms with E-state index in [1.54, 1.807) is 0 Å². The van der Waals surface area contributed by atoms with Gasteiger partial charge in [0.2, 0.25) is 5.91 Å². The first-order valence-corrected chi connectivity index (χ1v) is 12.5. The number of hydrogen-bond acceptors (Lipinski definition) is 4. The Kier molecular flexibility index (Phi) is 8.70. The molecule has 0 saturated carbocycles. The number of unbranched alkanes of at least 4 members (excludes halogenated alkanes) is 1. The van der Waals surface area contributed by atoms with Gasteiger partial charge >= 0.3 is 0 Å². The van der Waals surface area contributed by atoms with Crippen LogP contribution in [0.3, 0.4) is 0 Å². The standard InChI is InChI=1S/C21H32N2OS2/c24-21(7-3-2-6-20-12-15-25-26-20)22-16-18-8-10-19(11-9-18)17-23-13-4-1-5-14-23/h8-11,20H,1-7,12-17H2,(H,22,24)/t20-/m0/s1. The number of hydrogen-bond donors (Lipinski definition) is 1. The minimum absolute atomic E-state index is 0.191. The minimum Gasteiger partial charge on any atom is -0.352 e. The summed E-state index contributed by atoms with van der Waals surface area (Å²) in [5.41, 5.74) is 2.57. The van der Waals surface area contributed by atoms with E-state index in [0.717, 1.165) is 18.2 Å². The van der Waals surface area contributed by atoms with Gasteiger partial charge in [-0.05, 0) is 56.3 Å². The second-order valence-electron chi connectivity index (χ2n) is 7.50. The fraction of sp³-hybridized carbons (Fsp3) is 0.667. The predicted octanol–water partition coefficient (Wildman–Crippen LogP) is 5.00. The number of nitrogens with one attached hydrogen (secondary N) is 1. The zero-order valence-electron chi connectivity index (χ0n) is 15.8. The zero-order chi connectivity index (χ0) is 18.0. The van der Waals surface area contributed by atoms with Crippen molar-refractivity contribution in [3.8, 4) is 0 Å². The number of nitrogens with zero attached hydrogens (tertiary/aromatic N) is 1. The van der Waals surface area contributed by atoms with Gasteiger partial charge in [-0.15, -0.1) is 0 Å². The SMILES string of the molecule is O=C(CCCC[C@H]1CCSS1)NCc1ccc(CN2CCCCC2)cc1. The number of carbonyl (C=O) groups excluding carboxylic acids is 1. The molecule has 144 valence electrons. The monoisotopic (exact) mass is 392 g/mol. The van der Waals surface area contributed by atoms with Crippen LogP contribution in [-0.2, 0) is 17.9 Å². The third kappa shape index (κ3) is 7.16. The third-order valence-electron chi connectivity index (χ3n) is 5.27. The molecule has 1 aromatic rings. The topological polar surface area (TPSA) is 32.3 Å². The molecule has 2 aliphatic rings. The van der Waals surface area contributed by atoms with Crippen LogP contribution < -0.4 is 5.32 Å². The molecule has 0 aromatic heterocycles. The number of carbonyl (C=O) groups is 1. The summed E-state index contributed by atoms with van der Waals surface area (Å²) in [5, 5.41) is 3.90. The lowest BCUT2D eigenvalue weighted by Crippen LogP contribution is -2.29. The Labute approximate surface area is 166 Å². The van der Waals surface area contributed by atoms with Crippen molar-refractivity contribution in [1.82, 2.24) is 10.2 Å². The molecule has 2 saturated heterocycles. The van der Waals surface area contributed by atoms with Crippen molar-refractivity contribution < 1.29 is 4.79 Å². The highest BCUT2D eigenvalue weighted by Crippen LogP contribution is 2.39. The quantitative estimate of drug-likeness (QED) is 0.473. The average Bonchev–Trinajstić information content (AvgIpc) is 3.19. The third-order valence-corrected chi connectivity index (χ3v) is 8.28. The summed E-state index contributed by atoms with van der Waals surface area (Å²) in [6, 6.07) is 8.75. The molecule has 1 amide bonds. The second kappa shape index (κ2) is 11.3. The zero-order valence-corrected chi connectivity index (χ0v) is 17.4. The Morgan fingerprint density at radius 1 is 1.08 bits per heavy atom. The van der Waals surface area contributed by atoms with E-state index in [2.05, 4.69) is 34.5 Å². The van der Waals surface area contributed by atoms with Gasteiger partial charge in [-0.3, -0.25) is 9.69 Å². The van der Waals surface area contributed by atoms with Gasteiger partial charge in [0, 0.05) is 30.5 Å². The van der Waals surface area contributed by atoms with Crippen molar-refractivity contribution in [3.63, 3.8) is 0 Å². The van der Waals surface area contributed by atoms with Gasteiger partial charge in [0.25, 0.3) is 0 Å². The Morgan fingerprint density at radius 2 is 1.85 bits per heavy atom. The molecule has 5 heteroatoms. The van der Waals surface area contributed by atoms with Crippen molar-refractivity contribution in [2.75, 3.05) is 18.8 Å². The lowest BCUT2D eigenvalue weighted by molar-refractivity contribution is -0.121. The highest BCUT2D eigenvalue weighted by Gasteiger charge is 2.15. The first-order chi connectivity index (χ1) is 12.8. The summed E-state index contributed by atoms with van der Waals surface area (Å²) in [7, 11) is 4.03. The number of rotatable bonds is 9. The van der Waals surface area contributed by atoms with Crippen LogP contribution in [0.2, 0.25) is 0 Å². The van der Waals surface area contributed by atoms with E-state index in [-0.39, 0.29) is 5.91 Å². The summed E-state index contributed by atoms with van der Waals surface area (Å²) in [4.78, 5) is 14.6. The van der Waals surface area contributed by atoms with E-state index in [9.17, 15) is 4.79 Å². The van der Waals surface area contributed by atoms with Crippen LogP contribution in [0.25, 0.3) is 0 Å². The molecule has 1 atom stereocenters. The molecule has 2 aliphatic heterocycles. The maximum absolute atomic E-state index is 12.0.